The summed E-state index contributed by atoms with van der Waals surface area (Å²) in [6.45, 7) is 3.28. The molecule has 0 aromatic carbocycles. The number of rotatable bonds is 6. The van der Waals surface area contributed by atoms with Gasteiger partial charge in [0.15, 0.2) is 0 Å². The van der Waals surface area contributed by atoms with Gasteiger partial charge in [0.25, 0.3) is 0 Å². The van der Waals surface area contributed by atoms with Crippen molar-refractivity contribution in [1.29, 1.82) is 0 Å². The highest BCUT2D eigenvalue weighted by molar-refractivity contribution is 5.74. The van der Waals surface area contributed by atoms with Crippen molar-refractivity contribution in [3.05, 3.63) is 18.2 Å². The van der Waals surface area contributed by atoms with Crippen LogP contribution < -0.4 is 10.6 Å². The van der Waals surface area contributed by atoms with E-state index < -0.39 is 12.1 Å². The Hall–Kier alpha value is -1.73. The number of amides is 2. The number of nitrogens with zero attached hydrogens (tertiary/aromatic N) is 2. The molecule has 136 valence electrons. The fourth-order valence-electron chi connectivity index (χ4n) is 3.10. The number of carbonyl (C=O) groups is 1. The van der Waals surface area contributed by atoms with E-state index in [4.69, 9.17) is 0 Å². The summed E-state index contributed by atoms with van der Waals surface area (Å²) in [5.41, 5.74) is 0. The third-order valence-corrected chi connectivity index (χ3v) is 4.51. The number of urea groups is 1. The van der Waals surface area contributed by atoms with E-state index in [-0.39, 0.29) is 24.9 Å². The summed E-state index contributed by atoms with van der Waals surface area (Å²) >= 11 is 0. The fraction of sp³-hybridized carbons (Fsp3) is 0.750. The Balaban J connectivity index is 1.60. The van der Waals surface area contributed by atoms with E-state index in [0.717, 1.165) is 25.2 Å². The number of carbonyl (C=O) groups excluding carboxylic acids is 1. The van der Waals surface area contributed by atoms with Crippen LogP contribution in [0.2, 0.25) is 0 Å². The van der Waals surface area contributed by atoms with Gasteiger partial charge < -0.3 is 15.2 Å². The molecule has 8 heteroatoms. The highest BCUT2D eigenvalue weighted by Crippen LogP contribution is 2.37. The average Bonchev–Trinajstić information content (AvgIpc) is 2.92. The second kappa shape index (κ2) is 8.39. The smallest absolute Gasteiger partial charge is 0.338 e. The summed E-state index contributed by atoms with van der Waals surface area (Å²) in [5, 5.41) is 5.39. The molecule has 0 saturated heterocycles. The van der Waals surface area contributed by atoms with Gasteiger partial charge >= 0.3 is 12.2 Å². The molecule has 5 nitrogen and oxygen atoms in total. The molecule has 1 fully saturated rings. The Morgan fingerprint density at radius 2 is 2.17 bits per heavy atom. The third kappa shape index (κ3) is 5.72. The zero-order valence-electron chi connectivity index (χ0n) is 13.9. The van der Waals surface area contributed by atoms with Crippen LogP contribution in [0.5, 0.6) is 0 Å². The molecule has 0 bridgehead atoms. The normalized spacial score (nSPS) is 21.5. The Morgan fingerprint density at radius 3 is 2.83 bits per heavy atom. The van der Waals surface area contributed by atoms with Crippen molar-refractivity contribution in [3.8, 4) is 0 Å². The van der Waals surface area contributed by atoms with Crippen LogP contribution in [0.1, 0.15) is 44.3 Å². The lowest BCUT2D eigenvalue weighted by Crippen LogP contribution is -2.46. The monoisotopic (exact) mass is 346 g/mol. The van der Waals surface area contributed by atoms with E-state index in [9.17, 15) is 18.0 Å². The Labute approximate surface area is 140 Å². The van der Waals surface area contributed by atoms with Crippen LogP contribution in [-0.4, -0.2) is 34.3 Å². The maximum Gasteiger partial charge on any atom is 0.391 e. The van der Waals surface area contributed by atoms with Crippen molar-refractivity contribution >= 4 is 6.03 Å². The molecule has 1 aromatic rings. The second-order valence-corrected chi connectivity index (χ2v) is 6.38. The van der Waals surface area contributed by atoms with Gasteiger partial charge in [-0.05, 0) is 39.0 Å². The lowest BCUT2D eigenvalue weighted by Gasteiger charge is -2.31. The van der Waals surface area contributed by atoms with Gasteiger partial charge in [-0.15, -0.1) is 0 Å². The van der Waals surface area contributed by atoms with E-state index in [0.29, 0.717) is 19.4 Å². The van der Waals surface area contributed by atoms with Crippen LogP contribution in [0.25, 0.3) is 0 Å². The summed E-state index contributed by atoms with van der Waals surface area (Å²) in [4.78, 5) is 15.9. The van der Waals surface area contributed by atoms with Gasteiger partial charge in [-0.25, -0.2) is 9.78 Å². The molecule has 1 aliphatic carbocycles. The van der Waals surface area contributed by atoms with Gasteiger partial charge in [-0.2, -0.15) is 13.2 Å². The van der Waals surface area contributed by atoms with Crippen molar-refractivity contribution < 1.29 is 18.0 Å². The van der Waals surface area contributed by atoms with Crippen LogP contribution in [0.4, 0.5) is 18.0 Å². The highest BCUT2D eigenvalue weighted by Gasteiger charge is 2.42. The van der Waals surface area contributed by atoms with Crippen LogP contribution in [0, 0.1) is 12.8 Å². The first kappa shape index (κ1) is 18.6. The van der Waals surface area contributed by atoms with Gasteiger partial charge in [0.05, 0.1) is 5.92 Å². The molecule has 1 aliphatic rings. The van der Waals surface area contributed by atoms with Crippen LogP contribution in [-0.2, 0) is 6.54 Å². The van der Waals surface area contributed by atoms with E-state index in [1.165, 1.54) is 0 Å². The first-order valence-corrected chi connectivity index (χ1v) is 8.45. The molecule has 2 rings (SSSR count). The summed E-state index contributed by atoms with van der Waals surface area (Å²) < 4.78 is 40.3. The van der Waals surface area contributed by atoms with Crippen molar-refractivity contribution in [2.75, 3.05) is 6.54 Å². The second-order valence-electron chi connectivity index (χ2n) is 6.38. The maximum atomic E-state index is 12.7. The molecule has 2 atom stereocenters. The lowest BCUT2D eigenvalue weighted by atomic mass is 9.85. The number of imidazole rings is 1. The molecule has 2 amide bonds. The van der Waals surface area contributed by atoms with Crippen molar-refractivity contribution in [1.82, 2.24) is 20.2 Å². The highest BCUT2D eigenvalue weighted by atomic mass is 19.4. The van der Waals surface area contributed by atoms with Gasteiger partial charge in [0.2, 0.25) is 0 Å². The molecule has 0 spiro atoms. The largest absolute Gasteiger partial charge is 0.391 e. The topological polar surface area (TPSA) is 59.0 Å². The van der Waals surface area contributed by atoms with Crippen molar-refractivity contribution in [2.45, 2.75) is 64.2 Å². The standard InChI is InChI=1S/C16H25F3N4O/c1-12-20-8-10-23(12)9-3-2-7-21-15(24)22-14-6-4-5-13(11-14)16(17,18)19/h8,10,13-14H,2-7,9,11H2,1H3,(H2,21,22,24). The summed E-state index contributed by atoms with van der Waals surface area (Å²) in [5.74, 6) is -0.341. The van der Waals surface area contributed by atoms with E-state index in [1.54, 1.807) is 6.20 Å². The summed E-state index contributed by atoms with van der Waals surface area (Å²) in [6, 6.07) is -0.763. The number of halogens is 3. The molecule has 1 aromatic heterocycles. The van der Waals surface area contributed by atoms with Crippen molar-refractivity contribution in [3.63, 3.8) is 0 Å². The number of aromatic nitrogens is 2. The van der Waals surface area contributed by atoms with Gasteiger partial charge in [-0.3, -0.25) is 0 Å². The zero-order valence-corrected chi connectivity index (χ0v) is 13.9. The van der Waals surface area contributed by atoms with Gasteiger partial charge in [0, 0.05) is 31.5 Å². The van der Waals surface area contributed by atoms with Gasteiger partial charge in [-0.1, -0.05) is 6.42 Å². The van der Waals surface area contributed by atoms with E-state index >= 15 is 0 Å². The Bertz CT molecular complexity index is 530. The predicted molar refractivity (Wildman–Crippen MR) is 84.5 cm³/mol. The minimum absolute atomic E-state index is 0.0170. The van der Waals surface area contributed by atoms with Crippen LogP contribution >= 0.6 is 0 Å². The molecule has 0 radical (unpaired) electrons. The first-order chi connectivity index (χ1) is 11.4. The molecule has 1 saturated carbocycles. The molecule has 2 N–H and O–H groups in total. The molecule has 2 unspecified atom stereocenters. The predicted octanol–water partition coefficient (Wildman–Crippen LogP) is 3.39. The molecule has 1 heterocycles. The van der Waals surface area contributed by atoms with E-state index in [1.807, 2.05) is 17.7 Å². The number of alkyl halides is 3. The minimum Gasteiger partial charge on any atom is -0.338 e. The third-order valence-electron chi connectivity index (χ3n) is 4.51. The fourth-order valence-corrected chi connectivity index (χ4v) is 3.10. The lowest BCUT2D eigenvalue weighted by molar-refractivity contribution is -0.183. The Morgan fingerprint density at radius 1 is 1.38 bits per heavy atom. The quantitative estimate of drug-likeness (QED) is 0.776. The average molecular weight is 346 g/mol. The molecular weight excluding hydrogens is 321 g/mol. The number of hydrogen-bond donors (Lipinski definition) is 2. The number of nitrogens with one attached hydrogen (secondary N) is 2. The molecule has 24 heavy (non-hydrogen) atoms. The Kier molecular flexibility index (Phi) is 6.51. The number of aryl methyl sites for hydroxylation is 2. The maximum absolute atomic E-state index is 12.7. The number of unbranched alkanes of at least 4 members (excludes halogenated alkanes) is 1. The molecular formula is C16H25F3N4O. The van der Waals surface area contributed by atoms with Gasteiger partial charge in [0.1, 0.15) is 5.82 Å². The van der Waals surface area contributed by atoms with Crippen molar-refractivity contribution in [2.24, 2.45) is 5.92 Å². The number of hydrogen-bond acceptors (Lipinski definition) is 2. The summed E-state index contributed by atoms with van der Waals surface area (Å²) in [6.07, 6.45) is 2.46. The van der Waals surface area contributed by atoms with Crippen LogP contribution in [0.15, 0.2) is 12.4 Å². The zero-order chi connectivity index (χ0) is 17.6. The van der Waals surface area contributed by atoms with Crippen LogP contribution in [0.3, 0.4) is 0 Å². The SMILES string of the molecule is Cc1nccn1CCCCNC(=O)NC1CCCC(C(F)(F)F)C1. The summed E-state index contributed by atoms with van der Waals surface area (Å²) in [7, 11) is 0. The minimum atomic E-state index is -4.16. The van der Waals surface area contributed by atoms with E-state index in [2.05, 4.69) is 15.6 Å². The molecule has 0 aliphatic heterocycles. The first-order valence-electron chi connectivity index (χ1n) is 8.45.